The zero-order valence-electron chi connectivity index (χ0n) is 9.42. The summed E-state index contributed by atoms with van der Waals surface area (Å²) in [6.45, 7) is 0.412. The summed E-state index contributed by atoms with van der Waals surface area (Å²) in [4.78, 5) is 11.3. The van der Waals surface area contributed by atoms with Crippen molar-refractivity contribution in [1.82, 2.24) is 14.9 Å². The summed E-state index contributed by atoms with van der Waals surface area (Å²) in [5.41, 5.74) is -1.51. The highest BCUT2D eigenvalue weighted by Gasteiger charge is 2.44. The van der Waals surface area contributed by atoms with E-state index < -0.39 is 21.5 Å². The molecule has 9 heteroatoms. The lowest BCUT2D eigenvalue weighted by Crippen LogP contribution is -2.57. The van der Waals surface area contributed by atoms with Gasteiger partial charge in [-0.15, -0.1) is 0 Å². The van der Waals surface area contributed by atoms with Crippen LogP contribution in [0.2, 0.25) is 0 Å². The van der Waals surface area contributed by atoms with E-state index in [0.717, 1.165) is 0 Å². The maximum atomic E-state index is 12.0. The van der Waals surface area contributed by atoms with Crippen LogP contribution in [0.5, 0.6) is 0 Å². The molecular weight excluding hydrogens is 262 g/mol. The number of aliphatic carboxylic acids is 1. The van der Waals surface area contributed by atoms with Gasteiger partial charge in [-0.05, 0) is 6.07 Å². The SMILES string of the molecule is O=C(O)C1(NS(=O)(=O)c2ccn[nH]2)CCOCC1. The van der Waals surface area contributed by atoms with Gasteiger partial charge in [0, 0.05) is 26.1 Å². The minimum atomic E-state index is -3.92. The molecule has 8 nitrogen and oxygen atoms in total. The molecule has 0 unspecified atom stereocenters. The van der Waals surface area contributed by atoms with Crippen molar-refractivity contribution >= 4 is 16.0 Å². The summed E-state index contributed by atoms with van der Waals surface area (Å²) in [5.74, 6) is -1.20. The Kier molecular flexibility index (Phi) is 3.37. The van der Waals surface area contributed by atoms with Gasteiger partial charge < -0.3 is 9.84 Å². The van der Waals surface area contributed by atoms with Gasteiger partial charge >= 0.3 is 5.97 Å². The second kappa shape index (κ2) is 4.67. The fourth-order valence-corrected chi connectivity index (χ4v) is 3.11. The van der Waals surface area contributed by atoms with Crippen molar-refractivity contribution in [2.75, 3.05) is 13.2 Å². The number of ether oxygens (including phenoxy) is 1. The molecule has 0 amide bonds. The topological polar surface area (TPSA) is 121 Å². The van der Waals surface area contributed by atoms with Gasteiger partial charge in [0.05, 0.1) is 6.20 Å². The van der Waals surface area contributed by atoms with Crippen LogP contribution in [0.15, 0.2) is 17.3 Å². The molecule has 1 fully saturated rings. The van der Waals surface area contributed by atoms with Crippen LogP contribution in [0.3, 0.4) is 0 Å². The summed E-state index contributed by atoms with van der Waals surface area (Å²) in [7, 11) is -3.92. The molecular formula is C9H13N3O5S. The number of aromatic nitrogens is 2. The van der Waals surface area contributed by atoms with E-state index in [2.05, 4.69) is 14.9 Å². The second-order valence-corrected chi connectivity index (χ2v) is 5.68. The van der Waals surface area contributed by atoms with Crippen LogP contribution in [0.4, 0.5) is 0 Å². The molecule has 1 aromatic rings. The number of hydrogen-bond donors (Lipinski definition) is 3. The van der Waals surface area contributed by atoms with E-state index in [1.54, 1.807) is 0 Å². The molecule has 0 saturated carbocycles. The highest BCUT2D eigenvalue weighted by molar-refractivity contribution is 7.89. The first-order valence-electron chi connectivity index (χ1n) is 5.31. The van der Waals surface area contributed by atoms with E-state index in [0.29, 0.717) is 0 Å². The maximum Gasteiger partial charge on any atom is 0.325 e. The van der Waals surface area contributed by atoms with Crippen LogP contribution in [0, 0.1) is 0 Å². The smallest absolute Gasteiger partial charge is 0.325 e. The zero-order chi connectivity index (χ0) is 13.2. The average molecular weight is 275 g/mol. The highest BCUT2D eigenvalue weighted by Crippen LogP contribution is 2.23. The molecule has 3 N–H and O–H groups in total. The lowest BCUT2D eigenvalue weighted by molar-refractivity contribution is -0.147. The molecule has 100 valence electrons. The Bertz CT molecular complexity index is 518. The molecule has 2 heterocycles. The van der Waals surface area contributed by atoms with Crippen molar-refractivity contribution in [1.29, 1.82) is 0 Å². The predicted molar refractivity (Wildman–Crippen MR) is 59.3 cm³/mol. The van der Waals surface area contributed by atoms with Gasteiger partial charge in [0.15, 0.2) is 5.03 Å². The van der Waals surface area contributed by atoms with Crippen LogP contribution in [0.1, 0.15) is 12.8 Å². The molecule has 1 saturated heterocycles. The van der Waals surface area contributed by atoms with Crippen LogP contribution < -0.4 is 4.72 Å². The molecule has 0 atom stereocenters. The van der Waals surface area contributed by atoms with E-state index in [4.69, 9.17) is 4.74 Å². The standard InChI is InChI=1S/C9H13N3O5S/c13-8(14)9(2-5-17-6-3-9)12-18(15,16)7-1-4-10-11-7/h1,4,12H,2-3,5-6H2,(H,10,11)(H,13,14). The van der Waals surface area contributed by atoms with Crippen molar-refractivity contribution in [3.63, 3.8) is 0 Å². The first-order chi connectivity index (χ1) is 8.46. The number of aromatic amines is 1. The Morgan fingerprint density at radius 2 is 2.17 bits per heavy atom. The summed E-state index contributed by atoms with van der Waals surface area (Å²) in [6.07, 6.45) is 1.47. The van der Waals surface area contributed by atoms with Crippen molar-refractivity contribution in [2.24, 2.45) is 0 Å². The van der Waals surface area contributed by atoms with Gasteiger partial charge in [-0.3, -0.25) is 9.89 Å². The Morgan fingerprint density at radius 3 is 2.67 bits per heavy atom. The predicted octanol–water partition coefficient (Wildman–Crippen LogP) is -0.678. The molecule has 0 radical (unpaired) electrons. The number of H-pyrrole nitrogens is 1. The molecule has 0 aromatic carbocycles. The number of carbonyl (C=O) groups is 1. The minimum absolute atomic E-state index is 0.0930. The van der Waals surface area contributed by atoms with Crippen LogP contribution in [0.25, 0.3) is 0 Å². The van der Waals surface area contributed by atoms with Crippen LogP contribution in [-0.2, 0) is 19.6 Å². The molecule has 0 spiro atoms. The molecule has 2 rings (SSSR count). The number of nitrogens with zero attached hydrogens (tertiary/aromatic N) is 1. The monoisotopic (exact) mass is 275 g/mol. The van der Waals surface area contributed by atoms with Gasteiger partial charge in [-0.2, -0.15) is 9.82 Å². The normalized spacial score (nSPS) is 19.6. The molecule has 18 heavy (non-hydrogen) atoms. The van der Waals surface area contributed by atoms with Crippen molar-refractivity contribution < 1.29 is 23.1 Å². The van der Waals surface area contributed by atoms with Gasteiger partial charge in [0.1, 0.15) is 5.54 Å². The molecule has 0 aliphatic carbocycles. The van der Waals surface area contributed by atoms with Gasteiger partial charge in [0.2, 0.25) is 0 Å². The van der Waals surface area contributed by atoms with E-state index >= 15 is 0 Å². The van der Waals surface area contributed by atoms with Gasteiger partial charge in [-0.1, -0.05) is 0 Å². The largest absolute Gasteiger partial charge is 0.480 e. The maximum absolute atomic E-state index is 12.0. The van der Waals surface area contributed by atoms with E-state index in [-0.39, 0.29) is 31.1 Å². The Hall–Kier alpha value is -1.45. The Balaban J connectivity index is 2.27. The number of nitrogens with one attached hydrogen (secondary N) is 2. The van der Waals surface area contributed by atoms with Crippen molar-refractivity contribution in [2.45, 2.75) is 23.4 Å². The number of hydrogen-bond acceptors (Lipinski definition) is 5. The van der Waals surface area contributed by atoms with Crippen LogP contribution in [-0.4, -0.2) is 48.4 Å². The van der Waals surface area contributed by atoms with Gasteiger partial charge in [0.25, 0.3) is 10.0 Å². The fraction of sp³-hybridized carbons (Fsp3) is 0.556. The first-order valence-corrected chi connectivity index (χ1v) is 6.79. The molecule has 1 aromatic heterocycles. The van der Waals surface area contributed by atoms with Crippen LogP contribution >= 0.6 is 0 Å². The van der Waals surface area contributed by atoms with Crippen molar-refractivity contribution in [3.8, 4) is 0 Å². The van der Waals surface area contributed by atoms with E-state index in [1.807, 2.05) is 0 Å². The second-order valence-electron chi connectivity index (χ2n) is 4.03. The van der Waals surface area contributed by atoms with E-state index in [9.17, 15) is 18.3 Å². The number of carboxylic acid groups (broad SMARTS) is 1. The summed E-state index contributed by atoms with van der Waals surface area (Å²) >= 11 is 0. The molecule has 1 aliphatic heterocycles. The fourth-order valence-electron chi connectivity index (χ4n) is 1.78. The summed E-state index contributed by atoms with van der Waals surface area (Å²) in [5, 5.41) is 14.9. The third-order valence-corrected chi connectivity index (χ3v) is 4.32. The quantitative estimate of drug-likeness (QED) is 0.669. The Morgan fingerprint density at radius 1 is 1.50 bits per heavy atom. The highest BCUT2D eigenvalue weighted by atomic mass is 32.2. The van der Waals surface area contributed by atoms with E-state index in [1.165, 1.54) is 12.3 Å². The summed E-state index contributed by atoms with van der Waals surface area (Å²) < 4.78 is 31.3. The average Bonchev–Trinajstić information content (AvgIpc) is 2.83. The zero-order valence-corrected chi connectivity index (χ0v) is 10.2. The lowest BCUT2D eigenvalue weighted by Gasteiger charge is -2.33. The number of rotatable bonds is 4. The minimum Gasteiger partial charge on any atom is -0.480 e. The molecule has 1 aliphatic rings. The van der Waals surface area contributed by atoms with Crippen molar-refractivity contribution in [3.05, 3.63) is 12.3 Å². The van der Waals surface area contributed by atoms with Gasteiger partial charge in [-0.25, -0.2) is 8.42 Å². The Labute approximate surface area is 103 Å². The first kappa shape index (κ1) is 13.0. The number of sulfonamides is 1. The third kappa shape index (κ3) is 2.37. The summed E-state index contributed by atoms with van der Waals surface area (Å²) in [6, 6.07) is 1.26. The molecule has 0 bridgehead atoms. The third-order valence-electron chi connectivity index (χ3n) is 2.85. The number of carboxylic acids is 1. The lowest BCUT2D eigenvalue weighted by atomic mass is 9.92.